The Bertz CT molecular complexity index is 1040. The summed E-state index contributed by atoms with van der Waals surface area (Å²) in [6, 6.07) is 16.0. The van der Waals surface area contributed by atoms with Gasteiger partial charge in [-0.2, -0.15) is 0 Å². The molecule has 2 aliphatic rings. The van der Waals surface area contributed by atoms with E-state index in [1.54, 1.807) is 0 Å². The van der Waals surface area contributed by atoms with E-state index < -0.39 is 12.0 Å². The van der Waals surface area contributed by atoms with E-state index in [1.165, 1.54) is 11.1 Å². The number of aliphatic carboxylic acids is 1. The summed E-state index contributed by atoms with van der Waals surface area (Å²) < 4.78 is 0. The highest BCUT2D eigenvalue weighted by molar-refractivity contribution is 5.78. The molecular weight excluding hydrogens is 426 g/mol. The molecule has 6 nitrogen and oxygen atoms in total. The lowest BCUT2D eigenvalue weighted by atomic mass is 9.85. The Morgan fingerprint density at radius 3 is 2.68 bits per heavy atom. The van der Waals surface area contributed by atoms with E-state index in [-0.39, 0.29) is 18.0 Å². The highest BCUT2D eigenvalue weighted by atomic mass is 16.4. The average Bonchev–Trinajstić information content (AvgIpc) is 3.31. The van der Waals surface area contributed by atoms with Crippen molar-refractivity contribution in [2.75, 3.05) is 20.1 Å². The number of rotatable bonds is 9. The number of hydrogen-bond acceptors (Lipinski definition) is 4. The van der Waals surface area contributed by atoms with Gasteiger partial charge in [0.2, 0.25) is 5.91 Å². The lowest BCUT2D eigenvalue weighted by molar-refractivity contribution is -0.141. The van der Waals surface area contributed by atoms with Crippen molar-refractivity contribution in [2.24, 2.45) is 0 Å². The first kappa shape index (κ1) is 24.2. The van der Waals surface area contributed by atoms with Crippen molar-refractivity contribution in [3.63, 3.8) is 0 Å². The topological polar surface area (TPSA) is 81.7 Å². The van der Waals surface area contributed by atoms with Crippen LogP contribution in [-0.2, 0) is 16.0 Å². The number of nitrogens with zero attached hydrogens (tertiary/aromatic N) is 1. The van der Waals surface area contributed by atoms with E-state index >= 15 is 0 Å². The Labute approximate surface area is 202 Å². The molecule has 1 saturated heterocycles. The number of nitrogens with one attached hydrogen (secondary N) is 2. The summed E-state index contributed by atoms with van der Waals surface area (Å²) in [7, 11) is 1.88. The Morgan fingerprint density at radius 2 is 1.94 bits per heavy atom. The summed E-state index contributed by atoms with van der Waals surface area (Å²) in [5.41, 5.74) is 5.54. The van der Waals surface area contributed by atoms with E-state index in [4.69, 9.17) is 0 Å². The van der Waals surface area contributed by atoms with Gasteiger partial charge in [0.15, 0.2) is 0 Å². The Balaban J connectivity index is 1.41. The van der Waals surface area contributed by atoms with E-state index in [2.05, 4.69) is 35.4 Å². The van der Waals surface area contributed by atoms with E-state index in [1.807, 2.05) is 42.3 Å². The van der Waals surface area contributed by atoms with Crippen LogP contribution < -0.4 is 10.6 Å². The lowest BCUT2D eigenvalue weighted by Crippen LogP contribution is -2.36. The van der Waals surface area contributed by atoms with E-state index in [9.17, 15) is 14.7 Å². The minimum atomic E-state index is -0.748. The Morgan fingerprint density at radius 1 is 1.15 bits per heavy atom. The monoisotopic (exact) mass is 461 g/mol. The number of carboxylic acids is 1. The van der Waals surface area contributed by atoms with E-state index in [0.717, 1.165) is 48.9 Å². The minimum Gasteiger partial charge on any atom is -0.480 e. The molecule has 0 bridgehead atoms. The van der Waals surface area contributed by atoms with Crippen LogP contribution in [0.2, 0.25) is 0 Å². The third-order valence-corrected chi connectivity index (χ3v) is 7.18. The highest BCUT2D eigenvalue weighted by Gasteiger charge is 2.31. The Kier molecular flexibility index (Phi) is 7.80. The molecule has 180 valence electrons. The summed E-state index contributed by atoms with van der Waals surface area (Å²) in [5.74, 6) is -0.703. The van der Waals surface area contributed by atoms with Gasteiger partial charge in [0.05, 0.1) is 6.04 Å². The SMILES string of the molecule is C=C(CN1CCC[C@H]1C(=O)O)c1ccc2c(c1)CCC[C@H]2NC(=O)C[C@@H](NC)c1ccccc1. The largest absolute Gasteiger partial charge is 0.480 e. The molecule has 0 aromatic heterocycles. The normalized spacial score (nSPS) is 21.0. The second-order valence-electron chi connectivity index (χ2n) is 9.45. The van der Waals surface area contributed by atoms with Crippen LogP contribution in [0.5, 0.6) is 0 Å². The van der Waals surface area contributed by atoms with Crippen LogP contribution in [0.25, 0.3) is 5.57 Å². The van der Waals surface area contributed by atoms with Crippen LogP contribution in [0.1, 0.15) is 66.4 Å². The molecule has 0 unspecified atom stereocenters. The molecule has 0 radical (unpaired) electrons. The van der Waals surface area contributed by atoms with Crippen LogP contribution in [0.15, 0.2) is 55.1 Å². The summed E-state index contributed by atoms with van der Waals surface area (Å²) in [6.07, 6.45) is 4.94. The maximum atomic E-state index is 12.9. The van der Waals surface area contributed by atoms with Gasteiger partial charge in [0.1, 0.15) is 6.04 Å². The van der Waals surface area contributed by atoms with Crippen LogP contribution >= 0.6 is 0 Å². The zero-order valence-corrected chi connectivity index (χ0v) is 19.9. The number of carbonyl (C=O) groups excluding carboxylic acids is 1. The first-order valence-electron chi connectivity index (χ1n) is 12.3. The highest BCUT2D eigenvalue weighted by Crippen LogP contribution is 2.32. The maximum Gasteiger partial charge on any atom is 0.320 e. The molecule has 4 rings (SSSR count). The molecule has 1 fully saturated rings. The van der Waals surface area contributed by atoms with Gasteiger partial charge in [0, 0.05) is 19.0 Å². The fourth-order valence-corrected chi connectivity index (χ4v) is 5.33. The predicted octanol–water partition coefficient (Wildman–Crippen LogP) is 4.09. The molecule has 3 N–H and O–H groups in total. The van der Waals surface area contributed by atoms with Gasteiger partial charge >= 0.3 is 5.97 Å². The summed E-state index contributed by atoms with van der Waals surface area (Å²) in [5, 5.41) is 16.0. The zero-order chi connectivity index (χ0) is 24.1. The molecule has 1 amide bonds. The van der Waals surface area contributed by atoms with Gasteiger partial charge < -0.3 is 15.7 Å². The number of fused-ring (bicyclic) bond motifs is 1. The quantitative estimate of drug-likeness (QED) is 0.524. The van der Waals surface area contributed by atoms with Crippen molar-refractivity contribution in [3.8, 4) is 0 Å². The molecule has 1 aliphatic carbocycles. The standard InChI is InChI=1S/C28H35N3O3/c1-19(18-31-15-7-12-26(31)28(33)34)21-13-14-23-22(16-21)10-6-11-24(23)30-27(32)17-25(29-2)20-8-4-3-5-9-20/h3-5,8-9,13-14,16,24-26,29H,1,6-7,10-12,15,17-18H2,2H3,(H,30,32)(H,33,34)/t24-,25-,26+/m1/s1. The van der Waals surface area contributed by atoms with Gasteiger partial charge in [-0.25, -0.2) is 0 Å². The van der Waals surface area contributed by atoms with Gasteiger partial charge in [0.25, 0.3) is 0 Å². The second kappa shape index (κ2) is 11.0. The first-order valence-corrected chi connectivity index (χ1v) is 12.3. The van der Waals surface area contributed by atoms with Gasteiger partial charge in [-0.15, -0.1) is 0 Å². The number of likely N-dealkylation sites (tertiary alicyclic amines) is 1. The molecule has 0 spiro atoms. The molecule has 1 heterocycles. The number of amides is 1. The van der Waals surface area contributed by atoms with E-state index in [0.29, 0.717) is 19.4 Å². The molecule has 0 saturated carbocycles. The molecular formula is C28H35N3O3. The number of benzene rings is 2. The molecule has 34 heavy (non-hydrogen) atoms. The smallest absolute Gasteiger partial charge is 0.320 e. The molecule has 1 aliphatic heterocycles. The van der Waals surface area contributed by atoms with Crippen molar-refractivity contribution in [2.45, 2.75) is 56.7 Å². The number of hydrogen-bond donors (Lipinski definition) is 3. The summed E-state index contributed by atoms with van der Waals surface area (Å²) in [6.45, 7) is 5.63. The Hall–Kier alpha value is -2.96. The van der Waals surface area contributed by atoms with Gasteiger partial charge in [-0.1, -0.05) is 55.1 Å². The minimum absolute atomic E-state index is 0.0156. The molecule has 3 atom stereocenters. The van der Waals surface area contributed by atoms with Crippen LogP contribution in [-0.4, -0.2) is 48.1 Å². The van der Waals surface area contributed by atoms with Crippen molar-refractivity contribution in [3.05, 3.63) is 77.4 Å². The number of carbonyl (C=O) groups is 2. The summed E-state index contributed by atoms with van der Waals surface area (Å²) in [4.78, 5) is 26.4. The third-order valence-electron chi connectivity index (χ3n) is 7.18. The van der Waals surface area contributed by atoms with Crippen molar-refractivity contribution in [1.82, 2.24) is 15.5 Å². The van der Waals surface area contributed by atoms with Crippen LogP contribution in [0.4, 0.5) is 0 Å². The second-order valence-corrected chi connectivity index (χ2v) is 9.45. The maximum absolute atomic E-state index is 12.9. The van der Waals surface area contributed by atoms with Gasteiger partial charge in [-0.3, -0.25) is 14.5 Å². The van der Waals surface area contributed by atoms with Crippen LogP contribution in [0, 0.1) is 0 Å². The van der Waals surface area contributed by atoms with Crippen molar-refractivity contribution >= 4 is 17.4 Å². The molecule has 2 aromatic rings. The molecule has 2 aromatic carbocycles. The number of carboxylic acid groups (broad SMARTS) is 1. The number of aryl methyl sites for hydroxylation is 1. The van der Waals surface area contributed by atoms with Gasteiger partial charge in [-0.05, 0) is 73.5 Å². The lowest BCUT2D eigenvalue weighted by Gasteiger charge is -2.28. The average molecular weight is 462 g/mol. The summed E-state index contributed by atoms with van der Waals surface area (Å²) >= 11 is 0. The zero-order valence-electron chi connectivity index (χ0n) is 19.9. The van der Waals surface area contributed by atoms with Crippen molar-refractivity contribution in [1.29, 1.82) is 0 Å². The fourth-order valence-electron chi connectivity index (χ4n) is 5.33. The van der Waals surface area contributed by atoms with Crippen LogP contribution in [0.3, 0.4) is 0 Å². The third kappa shape index (κ3) is 5.57. The predicted molar refractivity (Wildman–Crippen MR) is 134 cm³/mol. The first-order chi connectivity index (χ1) is 16.5. The molecule has 6 heteroatoms. The van der Waals surface area contributed by atoms with Crippen molar-refractivity contribution < 1.29 is 14.7 Å². The fraction of sp³-hybridized carbons (Fsp3) is 0.429.